The van der Waals surface area contributed by atoms with Gasteiger partial charge in [0.15, 0.2) is 0 Å². The van der Waals surface area contributed by atoms with Crippen molar-refractivity contribution in [3.63, 3.8) is 0 Å². The Balaban J connectivity index is 2.23. The zero-order chi connectivity index (χ0) is 13.8. The smallest absolute Gasteiger partial charge is 0.146 e. The number of allylic oxidation sites excluding steroid dienone is 1. The molecule has 0 aliphatic rings. The van der Waals surface area contributed by atoms with Crippen molar-refractivity contribution in [3.8, 4) is 6.07 Å². The molecule has 0 fully saturated rings. The van der Waals surface area contributed by atoms with Crippen LogP contribution in [0.15, 0.2) is 29.8 Å². The average molecular weight is 273 g/mol. The molecular weight excluding hydrogens is 261 g/mol. The number of anilines is 1. The first kappa shape index (κ1) is 13.2. The van der Waals surface area contributed by atoms with Crippen LogP contribution >= 0.6 is 11.3 Å². The van der Waals surface area contributed by atoms with Gasteiger partial charge in [-0.25, -0.2) is 9.37 Å². The number of benzene rings is 1. The van der Waals surface area contributed by atoms with E-state index in [1.54, 1.807) is 12.1 Å². The van der Waals surface area contributed by atoms with Gasteiger partial charge >= 0.3 is 0 Å². The topological polar surface area (TPSA) is 48.7 Å². The van der Waals surface area contributed by atoms with Crippen LogP contribution in [0.4, 0.5) is 10.1 Å². The number of rotatable bonds is 3. The van der Waals surface area contributed by atoms with Crippen molar-refractivity contribution in [2.24, 2.45) is 0 Å². The van der Waals surface area contributed by atoms with Gasteiger partial charge in [-0.05, 0) is 31.5 Å². The molecule has 0 atom stereocenters. The first-order valence-electron chi connectivity index (χ1n) is 5.65. The van der Waals surface area contributed by atoms with Gasteiger partial charge in [-0.15, -0.1) is 11.3 Å². The number of nitriles is 1. The van der Waals surface area contributed by atoms with Crippen molar-refractivity contribution in [3.05, 3.63) is 51.9 Å². The van der Waals surface area contributed by atoms with E-state index in [-0.39, 0.29) is 5.82 Å². The van der Waals surface area contributed by atoms with Crippen molar-refractivity contribution >= 4 is 22.6 Å². The number of hydrogen-bond acceptors (Lipinski definition) is 4. The number of nitrogens with zero attached hydrogens (tertiary/aromatic N) is 2. The van der Waals surface area contributed by atoms with Gasteiger partial charge < -0.3 is 5.32 Å². The maximum Gasteiger partial charge on any atom is 0.146 e. The fraction of sp³-hybridized carbons (Fsp3) is 0.143. The largest absolute Gasteiger partial charge is 0.358 e. The van der Waals surface area contributed by atoms with E-state index < -0.39 is 0 Å². The molecule has 0 bridgehead atoms. The van der Waals surface area contributed by atoms with E-state index in [9.17, 15) is 4.39 Å². The summed E-state index contributed by atoms with van der Waals surface area (Å²) in [6.07, 6.45) is 1.48. The lowest BCUT2D eigenvalue weighted by molar-refractivity contribution is 0.630. The molecule has 0 spiro atoms. The summed E-state index contributed by atoms with van der Waals surface area (Å²) in [6.45, 7) is 3.68. The van der Waals surface area contributed by atoms with Gasteiger partial charge in [0, 0.05) is 17.3 Å². The fourth-order valence-electron chi connectivity index (χ4n) is 1.51. The summed E-state index contributed by atoms with van der Waals surface area (Å²) >= 11 is 1.39. The molecule has 0 aliphatic carbocycles. The Kier molecular flexibility index (Phi) is 3.93. The standard InChI is InChI=1S/C14H12FN3S/c1-9-3-4-13(12(15)5-9)17-7-11(6-16)14-18-10(2)8-19-14/h3-5,7-8,17H,1-2H3/b11-7+. The fourth-order valence-corrected chi connectivity index (χ4v) is 2.27. The number of hydrogen-bond donors (Lipinski definition) is 1. The number of aromatic nitrogens is 1. The summed E-state index contributed by atoms with van der Waals surface area (Å²) in [7, 11) is 0. The van der Waals surface area contributed by atoms with Crippen molar-refractivity contribution in [2.75, 3.05) is 5.32 Å². The predicted molar refractivity (Wildman–Crippen MR) is 75.2 cm³/mol. The van der Waals surface area contributed by atoms with E-state index in [4.69, 9.17) is 5.26 Å². The Morgan fingerprint density at radius 2 is 2.26 bits per heavy atom. The molecule has 0 amide bonds. The third-order valence-electron chi connectivity index (χ3n) is 2.47. The molecule has 1 N–H and O–H groups in total. The molecule has 0 unspecified atom stereocenters. The second-order valence-electron chi connectivity index (χ2n) is 4.09. The SMILES string of the molecule is Cc1ccc(N/C=C(\C#N)c2nc(C)cs2)c(F)c1. The Hall–Kier alpha value is -2.19. The molecule has 19 heavy (non-hydrogen) atoms. The summed E-state index contributed by atoms with van der Waals surface area (Å²) in [5.74, 6) is -0.344. The molecular formula is C14H12FN3S. The third kappa shape index (κ3) is 3.18. The highest BCUT2D eigenvalue weighted by Gasteiger charge is 2.06. The number of nitrogens with one attached hydrogen (secondary N) is 1. The molecule has 0 saturated carbocycles. The molecule has 0 radical (unpaired) electrons. The highest BCUT2D eigenvalue weighted by atomic mass is 32.1. The lowest BCUT2D eigenvalue weighted by Crippen LogP contribution is -1.94. The second kappa shape index (κ2) is 5.63. The second-order valence-corrected chi connectivity index (χ2v) is 4.95. The molecule has 5 heteroatoms. The summed E-state index contributed by atoms with van der Waals surface area (Å²) in [5.41, 5.74) is 2.44. The van der Waals surface area contributed by atoms with Crippen LogP contribution in [-0.4, -0.2) is 4.98 Å². The summed E-state index contributed by atoms with van der Waals surface area (Å²) in [6, 6.07) is 6.94. The lowest BCUT2D eigenvalue weighted by Gasteiger charge is -2.04. The van der Waals surface area contributed by atoms with Gasteiger partial charge in [0.05, 0.1) is 5.69 Å². The summed E-state index contributed by atoms with van der Waals surface area (Å²) < 4.78 is 13.6. The number of halogens is 1. The van der Waals surface area contributed by atoms with Gasteiger partial charge in [-0.2, -0.15) is 5.26 Å². The van der Waals surface area contributed by atoms with Gasteiger partial charge in [0.1, 0.15) is 22.5 Å². The zero-order valence-corrected chi connectivity index (χ0v) is 11.4. The van der Waals surface area contributed by atoms with Crippen LogP contribution < -0.4 is 5.32 Å². The first-order valence-corrected chi connectivity index (χ1v) is 6.53. The first-order chi connectivity index (χ1) is 9.10. The van der Waals surface area contributed by atoms with Gasteiger partial charge in [0.25, 0.3) is 0 Å². The highest BCUT2D eigenvalue weighted by Crippen LogP contribution is 2.20. The average Bonchev–Trinajstić information content (AvgIpc) is 2.79. The van der Waals surface area contributed by atoms with E-state index in [1.165, 1.54) is 23.6 Å². The molecule has 96 valence electrons. The van der Waals surface area contributed by atoms with E-state index in [0.717, 1.165) is 11.3 Å². The molecule has 3 nitrogen and oxygen atoms in total. The Bertz CT molecular complexity index is 668. The van der Waals surface area contributed by atoms with E-state index in [1.807, 2.05) is 19.2 Å². The zero-order valence-electron chi connectivity index (χ0n) is 10.6. The highest BCUT2D eigenvalue weighted by molar-refractivity contribution is 7.10. The number of thiazole rings is 1. The molecule has 0 saturated heterocycles. The number of aryl methyl sites for hydroxylation is 2. The molecule has 1 aromatic heterocycles. The van der Waals surface area contributed by atoms with E-state index in [2.05, 4.69) is 16.4 Å². The molecule has 0 aliphatic heterocycles. The van der Waals surface area contributed by atoms with E-state index in [0.29, 0.717) is 16.3 Å². The summed E-state index contributed by atoms with van der Waals surface area (Å²) in [4.78, 5) is 4.22. The molecule has 2 aromatic rings. The van der Waals surface area contributed by atoms with Crippen LogP contribution in [0, 0.1) is 31.0 Å². The van der Waals surface area contributed by atoms with Crippen molar-refractivity contribution in [2.45, 2.75) is 13.8 Å². The van der Waals surface area contributed by atoms with Crippen molar-refractivity contribution < 1.29 is 4.39 Å². The Morgan fingerprint density at radius 1 is 1.47 bits per heavy atom. The van der Waals surface area contributed by atoms with Crippen molar-refractivity contribution in [1.82, 2.24) is 4.98 Å². The van der Waals surface area contributed by atoms with Gasteiger partial charge in [-0.1, -0.05) is 6.07 Å². The normalized spacial score (nSPS) is 11.2. The molecule has 1 aromatic carbocycles. The van der Waals surface area contributed by atoms with Crippen LogP contribution in [-0.2, 0) is 0 Å². The van der Waals surface area contributed by atoms with Crippen molar-refractivity contribution in [1.29, 1.82) is 5.26 Å². The van der Waals surface area contributed by atoms with E-state index >= 15 is 0 Å². The van der Waals surface area contributed by atoms with Crippen LogP contribution in [0.1, 0.15) is 16.3 Å². The minimum atomic E-state index is -0.344. The molecule has 2 rings (SSSR count). The maximum absolute atomic E-state index is 13.6. The predicted octanol–water partition coefficient (Wildman–Crippen LogP) is 3.88. The van der Waals surface area contributed by atoms with Gasteiger partial charge in [-0.3, -0.25) is 0 Å². The van der Waals surface area contributed by atoms with Gasteiger partial charge in [0.2, 0.25) is 0 Å². The Labute approximate surface area is 115 Å². The van der Waals surface area contributed by atoms with Crippen LogP contribution in [0.3, 0.4) is 0 Å². The van der Waals surface area contributed by atoms with Crippen LogP contribution in [0.5, 0.6) is 0 Å². The summed E-state index contributed by atoms with van der Waals surface area (Å²) in [5, 5.41) is 14.4. The maximum atomic E-state index is 13.6. The lowest BCUT2D eigenvalue weighted by atomic mass is 10.2. The quantitative estimate of drug-likeness (QED) is 0.863. The van der Waals surface area contributed by atoms with Crippen LogP contribution in [0.25, 0.3) is 5.57 Å². The van der Waals surface area contributed by atoms with Crippen LogP contribution in [0.2, 0.25) is 0 Å². The third-order valence-corrected chi connectivity index (χ3v) is 3.46. The monoisotopic (exact) mass is 273 g/mol. The Morgan fingerprint density at radius 3 is 2.84 bits per heavy atom. The molecule has 1 heterocycles. The minimum Gasteiger partial charge on any atom is -0.358 e. The minimum absolute atomic E-state index is 0.339.